The molecule has 1 unspecified atom stereocenters. The molecular formula is C13H17Cl2NO. The average Bonchev–Trinajstić information content (AvgIpc) is 2.32. The monoisotopic (exact) mass is 273 g/mol. The minimum atomic E-state index is 0.0738. The second-order valence-corrected chi connectivity index (χ2v) is 5.63. The van der Waals surface area contributed by atoms with Gasteiger partial charge in [0.25, 0.3) is 0 Å². The van der Waals surface area contributed by atoms with Gasteiger partial charge in [0.05, 0.1) is 16.7 Å². The molecule has 0 amide bonds. The molecule has 94 valence electrons. The van der Waals surface area contributed by atoms with E-state index in [1.165, 1.54) is 0 Å². The molecule has 1 aromatic carbocycles. The summed E-state index contributed by atoms with van der Waals surface area (Å²) in [4.78, 5) is 0. The van der Waals surface area contributed by atoms with E-state index in [-0.39, 0.29) is 5.54 Å². The number of hydrogen-bond donors (Lipinski definition) is 1. The van der Waals surface area contributed by atoms with Crippen molar-refractivity contribution in [3.05, 3.63) is 33.8 Å². The summed E-state index contributed by atoms with van der Waals surface area (Å²) in [6.45, 7) is 4.64. The van der Waals surface area contributed by atoms with E-state index in [1.807, 2.05) is 18.2 Å². The molecule has 0 aliphatic carbocycles. The molecule has 1 heterocycles. The first-order valence-corrected chi connectivity index (χ1v) is 6.61. The first kappa shape index (κ1) is 13.2. The second-order valence-electron chi connectivity index (χ2n) is 4.82. The average molecular weight is 274 g/mol. The Kier molecular flexibility index (Phi) is 4.31. The summed E-state index contributed by atoms with van der Waals surface area (Å²) in [7, 11) is 0. The Morgan fingerprint density at radius 3 is 2.82 bits per heavy atom. The first-order valence-electron chi connectivity index (χ1n) is 5.86. The summed E-state index contributed by atoms with van der Waals surface area (Å²) >= 11 is 11.9. The molecule has 1 fully saturated rings. The highest BCUT2D eigenvalue weighted by atomic mass is 35.5. The smallest absolute Gasteiger partial charge is 0.0645 e. The van der Waals surface area contributed by atoms with Crippen LogP contribution in [0.4, 0.5) is 0 Å². The van der Waals surface area contributed by atoms with E-state index >= 15 is 0 Å². The zero-order valence-corrected chi connectivity index (χ0v) is 11.4. The van der Waals surface area contributed by atoms with Crippen LogP contribution in [0.2, 0.25) is 10.0 Å². The highest BCUT2D eigenvalue weighted by molar-refractivity contribution is 6.42. The predicted molar refractivity (Wildman–Crippen MR) is 71.8 cm³/mol. The number of hydrogen-bond acceptors (Lipinski definition) is 2. The van der Waals surface area contributed by atoms with Crippen LogP contribution >= 0.6 is 23.2 Å². The highest BCUT2D eigenvalue weighted by Gasteiger charge is 2.26. The Morgan fingerprint density at radius 1 is 1.35 bits per heavy atom. The Hall–Kier alpha value is -0.280. The van der Waals surface area contributed by atoms with Crippen molar-refractivity contribution in [2.45, 2.75) is 31.8 Å². The minimum Gasteiger partial charge on any atom is -0.380 e. The molecule has 0 radical (unpaired) electrons. The second kappa shape index (κ2) is 5.57. The van der Waals surface area contributed by atoms with Gasteiger partial charge in [0.1, 0.15) is 0 Å². The van der Waals surface area contributed by atoms with Gasteiger partial charge in [-0.2, -0.15) is 0 Å². The van der Waals surface area contributed by atoms with Gasteiger partial charge in [0, 0.05) is 18.7 Å². The molecule has 2 nitrogen and oxygen atoms in total. The molecule has 0 bridgehead atoms. The van der Waals surface area contributed by atoms with Crippen molar-refractivity contribution >= 4 is 23.2 Å². The molecule has 1 N–H and O–H groups in total. The number of nitrogens with one attached hydrogen (secondary N) is 1. The fourth-order valence-corrected chi connectivity index (χ4v) is 2.36. The fourth-order valence-electron chi connectivity index (χ4n) is 2.04. The van der Waals surface area contributed by atoms with Gasteiger partial charge in [-0.15, -0.1) is 0 Å². The Morgan fingerprint density at radius 2 is 2.18 bits per heavy atom. The maximum absolute atomic E-state index is 5.99. The summed E-state index contributed by atoms with van der Waals surface area (Å²) < 4.78 is 5.51. The van der Waals surface area contributed by atoms with Crippen LogP contribution in [0, 0.1) is 0 Å². The lowest BCUT2D eigenvalue weighted by molar-refractivity contribution is 0.0278. The molecular weight excluding hydrogens is 257 g/mol. The van der Waals surface area contributed by atoms with Crippen LogP contribution in [0.5, 0.6) is 0 Å². The van der Waals surface area contributed by atoms with Gasteiger partial charge in [-0.3, -0.25) is 0 Å². The van der Waals surface area contributed by atoms with Crippen LogP contribution in [0.25, 0.3) is 0 Å². The van der Waals surface area contributed by atoms with E-state index in [0.29, 0.717) is 10.0 Å². The Labute approximate surface area is 112 Å². The summed E-state index contributed by atoms with van der Waals surface area (Å²) in [5.41, 5.74) is 1.22. The maximum Gasteiger partial charge on any atom is 0.0645 e. The summed E-state index contributed by atoms with van der Waals surface area (Å²) in [5.74, 6) is 0. The quantitative estimate of drug-likeness (QED) is 0.908. The molecule has 1 aromatic rings. The maximum atomic E-state index is 5.99. The number of halogens is 2. The molecule has 1 saturated heterocycles. The molecule has 0 saturated carbocycles. The molecule has 4 heteroatoms. The number of ether oxygens (including phenoxy) is 1. The van der Waals surface area contributed by atoms with Crippen LogP contribution in [-0.2, 0) is 11.3 Å². The normalized spacial score (nSPS) is 24.9. The Bertz CT molecular complexity index is 389. The third kappa shape index (κ3) is 3.59. The van der Waals surface area contributed by atoms with Crippen molar-refractivity contribution in [2.75, 3.05) is 13.2 Å². The van der Waals surface area contributed by atoms with E-state index in [9.17, 15) is 0 Å². The van der Waals surface area contributed by atoms with Gasteiger partial charge < -0.3 is 10.1 Å². The zero-order chi connectivity index (χ0) is 12.3. The molecule has 1 aliphatic rings. The molecule has 1 aliphatic heterocycles. The third-order valence-corrected chi connectivity index (χ3v) is 3.88. The zero-order valence-electron chi connectivity index (χ0n) is 9.93. The predicted octanol–water partition coefficient (Wildman–Crippen LogP) is 3.65. The number of benzene rings is 1. The van der Waals surface area contributed by atoms with Crippen LogP contribution in [0.15, 0.2) is 18.2 Å². The third-order valence-electron chi connectivity index (χ3n) is 3.14. The Balaban J connectivity index is 1.94. The van der Waals surface area contributed by atoms with Crippen LogP contribution in [-0.4, -0.2) is 18.8 Å². The molecule has 2 rings (SSSR count). The summed E-state index contributed by atoms with van der Waals surface area (Å²) in [6.07, 6.45) is 2.26. The van der Waals surface area contributed by atoms with Crippen LogP contribution in [0.3, 0.4) is 0 Å². The van der Waals surface area contributed by atoms with Crippen molar-refractivity contribution in [3.8, 4) is 0 Å². The van der Waals surface area contributed by atoms with Gasteiger partial charge in [-0.25, -0.2) is 0 Å². The first-order chi connectivity index (χ1) is 8.09. The van der Waals surface area contributed by atoms with E-state index < -0.39 is 0 Å². The molecule has 1 atom stereocenters. The SMILES string of the molecule is CC1(NCc2ccc(Cl)c(Cl)c2)CCCOC1. The molecule has 17 heavy (non-hydrogen) atoms. The van der Waals surface area contributed by atoms with E-state index in [4.69, 9.17) is 27.9 Å². The highest BCUT2D eigenvalue weighted by Crippen LogP contribution is 2.23. The lowest BCUT2D eigenvalue weighted by Crippen LogP contribution is -2.48. The van der Waals surface area contributed by atoms with Crippen molar-refractivity contribution in [1.82, 2.24) is 5.32 Å². The topological polar surface area (TPSA) is 21.3 Å². The summed E-state index contributed by atoms with van der Waals surface area (Å²) in [6, 6.07) is 5.73. The standard InChI is InChI=1S/C13H17Cl2NO/c1-13(5-2-6-17-9-13)16-8-10-3-4-11(14)12(15)7-10/h3-4,7,16H,2,5-6,8-9H2,1H3. The van der Waals surface area contributed by atoms with Gasteiger partial charge >= 0.3 is 0 Å². The largest absolute Gasteiger partial charge is 0.380 e. The molecule has 0 aromatic heterocycles. The van der Waals surface area contributed by atoms with Gasteiger partial charge in [0.15, 0.2) is 0 Å². The van der Waals surface area contributed by atoms with Crippen molar-refractivity contribution in [1.29, 1.82) is 0 Å². The van der Waals surface area contributed by atoms with E-state index in [2.05, 4.69) is 12.2 Å². The van der Waals surface area contributed by atoms with Gasteiger partial charge in [-0.05, 0) is 37.5 Å². The van der Waals surface area contributed by atoms with Crippen molar-refractivity contribution < 1.29 is 4.74 Å². The lowest BCUT2D eigenvalue weighted by Gasteiger charge is -2.34. The van der Waals surface area contributed by atoms with Crippen molar-refractivity contribution in [3.63, 3.8) is 0 Å². The number of rotatable bonds is 3. The fraction of sp³-hybridized carbons (Fsp3) is 0.538. The van der Waals surface area contributed by atoms with Crippen molar-refractivity contribution in [2.24, 2.45) is 0 Å². The minimum absolute atomic E-state index is 0.0738. The van der Waals surface area contributed by atoms with E-state index in [0.717, 1.165) is 38.2 Å². The van der Waals surface area contributed by atoms with Gasteiger partial charge in [-0.1, -0.05) is 29.3 Å². The van der Waals surface area contributed by atoms with Crippen LogP contribution < -0.4 is 5.32 Å². The van der Waals surface area contributed by atoms with Crippen LogP contribution in [0.1, 0.15) is 25.3 Å². The summed E-state index contributed by atoms with van der Waals surface area (Å²) in [5, 5.41) is 4.74. The van der Waals surface area contributed by atoms with Gasteiger partial charge in [0.2, 0.25) is 0 Å². The lowest BCUT2D eigenvalue weighted by atomic mass is 9.94. The molecule has 0 spiro atoms. The van der Waals surface area contributed by atoms with E-state index in [1.54, 1.807) is 0 Å².